The highest BCUT2D eigenvalue weighted by Gasteiger charge is 1.94. The van der Waals surface area contributed by atoms with Crippen LogP contribution in [-0.2, 0) is 0 Å². The SMILES string of the molecule is CCN(CC)CCNCl.Cl. The molecule has 64 valence electrons. The molecule has 0 aromatic carbocycles. The summed E-state index contributed by atoms with van der Waals surface area (Å²) >= 11 is 5.28. The van der Waals surface area contributed by atoms with Crippen LogP contribution in [0.5, 0.6) is 0 Å². The summed E-state index contributed by atoms with van der Waals surface area (Å²) in [6.45, 7) is 8.42. The number of rotatable bonds is 5. The third kappa shape index (κ3) is 6.62. The van der Waals surface area contributed by atoms with E-state index < -0.39 is 0 Å². The van der Waals surface area contributed by atoms with Crippen LogP contribution in [0.2, 0.25) is 0 Å². The van der Waals surface area contributed by atoms with Crippen LogP contribution in [0.15, 0.2) is 0 Å². The van der Waals surface area contributed by atoms with Gasteiger partial charge in [0.15, 0.2) is 0 Å². The highest BCUT2D eigenvalue weighted by atomic mass is 35.5. The lowest BCUT2D eigenvalue weighted by atomic mass is 10.5. The van der Waals surface area contributed by atoms with E-state index in [1.54, 1.807) is 0 Å². The van der Waals surface area contributed by atoms with Gasteiger partial charge in [-0.3, -0.25) is 0 Å². The Balaban J connectivity index is 0. The molecule has 10 heavy (non-hydrogen) atoms. The molecule has 2 nitrogen and oxygen atoms in total. The van der Waals surface area contributed by atoms with E-state index in [0.29, 0.717) is 0 Å². The van der Waals surface area contributed by atoms with Gasteiger partial charge in [-0.05, 0) is 24.9 Å². The second kappa shape index (κ2) is 9.50. The fourth-order valence-corrected chi connectivity index (χ4v) is 0.825. The average Bonchev–Trinajstić information content (AvgIpc) is 1.91. The number of nitrogens with zero attached hydrogens (tertiary/aromatic N) is 1. The summed E-state index contributed by atoms with van der Waals surface area (Å²) < 4.78 is 0. The minimum absolute atomic E-state index is 0. The summed E-state index contributed by atoms with van der Waals surface area (Å²) in [5.74, 6) is 0. The predicted octanol–water partition coefficient (Wildman–Crippen LogP) is 1.49. The van der Waals surface area contributed by atoms with Gasteiger partial charge in [-0.2, -0.15) is 0 Å². The van der Waals surface area contributed by atoms with Crippen molar-refractivity contribution in [2.24, 2.45) is 0 Å². The van der Waals surface area contributed by atoms with Crippen LogP contribution in [0.3, 0.4) is 0 Å². The molecule has 0 aliphatic rings. The van der Waals surface area contributed by atoms with Crippen LogP contribution in [0, 0.1) is 0 Å². The molecule has 0 rings (SSSR count). The van der Waals surface area contributed by atoms with Crippen molar-refractivity contribution in [3.05, 3.63) is 0 Å². The van der Waals surface area contributed by atoms with E-state index in [9.17, 15) is 0 Å². The van der Waals surface area contributed by atoms with Gasteiger partial charge in [0.05, 0.1) is 0 Å². The summed E-state index contributed by atoms with van der Waals surface area (Å²) in [4.78, 5) is 4.91. The van der Waals surface area contributed by atoms with Crippen LogP contribution in [0.1, 0.15) is 13.8 Å². The molecule has 0 fully saturated rings. The van der Waals surface area contributed by atoms with Crippen molar-refractivity contribution in [2.45, 2.75) is 13.8 Å². The van der Waals surface area contributed by atoms with Crippen LogP contribution < -0.4 is 4.84 Å². The lowest BCUT2D eigenvalue weighted by Gasteiger charge is -2.16. The van der Waals surface area contributed by atoms with E-state index in [4.69, 9.17) is 11.8 Å². The molecule has 0 amide bonds. The third-order valence-electron chi connectivity index (χ3n) is 1.42. The average molecular weight is 187 g/mol. The smallest absolute Gasteiger partial charge is 0.0236 e. The minimum atomic E-state index is 0. The van der Waals surface area contributed by atoms with Crippen molar-refractivity contribution in [1.29, 1.82) is 0 Å². The van der Waals surface area contributed by atoms with Gasteiger partial charge in [0, 0.05) is 13.1 Å². The van der Waals surface area contributed by atoms with E-state index in [-0.39, 0.29) is 12.4 Å². The summed E-state index contributed by atoms with van der Waals surface area (Å²) in [6, 6.07) is 0. The number of likely N-dealkylation sites (N-methyl/N-ethyl adjacent to an activating group) is 1. The first kappa shape index (κ1) is 13.1. The first-order valence-corrected chi connectivity index (χ1v) is 3.78. The summed E-state index contributed by atoms with van der Waals surface area (Å²) in [5.41, 5.74) is 0. The summed E-state index contributed by atoms with van der Waals surface area (Å²) in [7, 11) is 0. The molecule has 0 aliphatic heterocycles. The first-order valence-electron chi connectivity index (χ1n) is 3.41. The maximum atomic E-state index is 5.28. The normalized spacial score (nSPS) is 9.60. The van der Waals surface area contributed by atoms with Crippen molar-refractivity contribution >= 4 is 24.2 Å². The zero-order valence-electron chi connectivity index (χ0n) is 6.56. The monoisotopic (exact) mass is 186 g/mol. The van der Waals surface area contributed by atoms with Gasteiger partial charge in [-0.1, -0.05) is 13.8 Å². The highest BCUT2D eigenvalue weighted by Crippen LogP contribution is 1.83. The standard InChI is InChI=1S/C6H15ClN2.ClH/c1-3-9(4-2)6-5-8-7;/h8H,3-6H2,1-2H3;1H. The minimum Gasteiger partial charge on any atom is -0.303 e. The molecule has 0 bridgehead atoms. The molecule has 0 saturated carbocycles. The lowest BCUT2D eigenvalue weighted by Crippen LogP contribution is -2.28. The zero-order valence-corrected chi connectivity index (χ0v) is 8.13. The van der Waals surface area contributed by atoms with Gasteiger partial charge >= 0.3 is 0 Å². The molecule has 0 aromatic rings. The van der Waals surface area contributed by atoms with Crippen LogP contribution in [0.25, 0.3) is 0 Å². The molecule has 1 N–H and O–H groups in total. The van der Waals surface area contributed by atoms with E-state index in [1.165, 1.54) is 0 Å². The second-order valence-electron chi connectivity index (χ2n) is 1.91. The molecule has 0 aliphatic carbocycles. The fraction of sp³-hybridized carbons (Fsp3) is 1.00. The fourth-order valence-electron chi connectivity index (χ4n) is 0.740. The number of hydrogen-bond donors (Lipinski definition) is 1. The van der Waals surface area contributed by atoms with E-state index in [1.807, 2.05) is 0 Å². The third-order valence-corrected chi connectivity index (χ3v) is 1.61. The molecule has 0 radical (unpaired) electrons. The van der Waals surface area contributed by atoms with Crippen molar-refractivity contribution in [1.82, 2.24) is 9.74 Å². The lowest BCUT2D eigenvalue weighted by molar-refractivity contribution is 0.309. The van der Waals surface area contributed by atoms with Crippen LogP contribution in [-0.4, -0.2) is 31.1 Å². The van der Waals surface area contributed by atoms with Gasteiger partial charge in [-0.15, -0.1) is 12.4 Å². The Labute approximate surface area is 74.4 Å². The number of hydrogen-bond acceptors (Lipinski definition) is 2. The molecule has 0 heterocycles. The van der Waals surface area contributed by atoms with Crippen molar-refractivity contribution in [2.75, 3.05) is 26.2 Å². The molecular weight excluding hydrogens is 171 g/mol. The molecule has 0 aromatic heterocycles. The van der Waals surface area contributed by atoms with Crippen LogP contribution >= 0.6 is 24.2 Å². The Kier molecular flexibility index (Phi) is 12.5. The van der Waals surface area contributed by atoms with Crippen molar-refractivity contribution < 1.29 is 0 Å². The Morgan fingerprint density at radius 3 is 2.10 bits per heavy atom. The molecule has 4 heteroatoms. The Hall–Kier alpha value is 0.500. The topological polar surface area (TPSA) is 15.3 Å². The quantitative estimate of drug-likeness (QED) is 0.656. The number of halogens is 2. The molecule has 0 unspecified atom stereocenters. The maximum Gasteiger partial charge on any atom is 0.0236 e. The molecular formula is C6H16Cl2N2. The van der Waals surface area contributed by atoms with Gasteiger partial charge in [0.1, 0.15) is 0 Å². The van der Waals surface area contributed by atoms with Gasteiger partial charge in [-0.25, -0.2) is 4.84 Å². The second-order valence-corrected chi connectivity index (χ2v) is 2.18. The van der Waals surface area contributed by atoms with Crippen LogP contribution in [0.4, 0.5) is 0 Å². The highest BCUT2D eigenvalue weighted by molar-refractivity contribution is 6.13. The van der Waals surface area contributed by atoms with Gasteiger partial charge < -0.3 is 4.90 Å². The first-order chi connectivity index (χ1) is 4.35. The summed E-state index contributed by atoms with van der Waals surface area (Å²) in [5, 5.41) is 0. The molecule has 0 spiro atoms. The van der Waals surface area contributed by atoms with Crippen molar-refractivity contribution in [3.63, 3.8) is 0 Å². The molecule has 0 saturated heterocycles. The van der Waals surface area contributed by atoms with Gasteiger partial charge in [0.2, 0.25) is 0 Å². The van der Waals surface area contributed by atoms with E-state index >= 15 is 0 Å². The Morgan fingerprint density at radius 1 is 1.30 bits per heavy atom. The largest absolute Gasteiger partial charge is 0.303 e. The molecule has 0 atom stereocenters. The van der Waals surface area contributed by atoms with Gasteiger partial charge in [0.25, 0.3) is 0 Å². The Morgan fingerprint density at radius 2 is 1.80 bits per heavy atom. The zero-order chi connectivity index (χ0) is 7.11. The summed E-state index contributed by atoms with van der Waals surface area (Å²) in [6.07, 6.45) is 0. The predicted molar refractivity (Wildman–Crippen MR) is 48.9 cm³/mol. The van der Waals surface area contributed by atoms with E-state index in [2.05, 4.69) is 23.6 Å². The van der Waals surface area contributed by atoms with Crippen molar-refractivity contribution in [3.8, 4) is 0 Å². The van der Waals surface area contributed by atoms with E-state index in [0.717, 1.165) is 26.2 Å². The Bertz CT molecular complexity index is 57.7. The number of nitrogens with one attached hydrogen (secondary N) is 1. The maximum absolute atomic E-state index is 5.28.